The lowest BCUT2D eigenvalue weighted by Crippen LogP contribution is -2.09. The van der Waals surface area contributed by atoms with Crippen LogP contribution in [0.1, 0.15) is 14.5 Å². The summed E-state index contributed by atoms with van der Waals surface area (Å²) in [5.74, 6) is -0.268. The van der Waals surface area contributed by atoms with Crippen molar-refractivity contribution in [3.63, 3.8) is 0 Å². The molecule has 0 saturated carbocycles. The van der Waals surface area contributed by atoms with E-state index >= 15 is 0 Å². The topological polar surface area (TPSA) is 65.8 Å². The molecule has 1 amide bonds. The molecular formula is C9H4ClN3OS2. The zero-order chi connectivity index (χ0) is 11.5. The summed E-state index contributed by atoms with van der Waals surface area (Å²) < 4.78 is 0.557. The molecule has 2 heterocycles. The van der Waals surface area contributed by atoms with E-state index in [9.17, 15) is 4.79 Å². The van der Waals surface area contributed by atoms with Crippen LogP contribution in [0.3, 0.4) is 0 Å². The number of thiophene rings is 1. The minimum Gasteiger partial charge on any atom is -0.297 e. The molecule has 0 atom stereocenters. The van der Waals surface area contributed by atoms with Gasteiger partial charge in [0, 0.05) is 0 Å². The maximum Gasteiger partial charge on any atom is 0.267 e. The molecule has 0 spiro atoms. The number of carbonyl (C=O) groups is 1. The number of nitrogens with one attached hydrogen (secondary N) is 1. The van der Waals surface area contributed by atoms with E-state index in [0.717, 1.165) is 11.3 Å². The number of hydrogen-bond donors (Lipinski definition) is 1. The summed E-state index contributed by atoms with van der Waals surface area (Å²) in [6.45, 7) is 0. The van der Waals surface area contributed by atoms with Crippen LogP contribution in [0.25, 0.3) is 0 Å². The Balaban J connectivity index is 2.11. The van der Waals surface area contributed by atoms with E-state index in [0.29, 0.717) is 19.2 Å². The molecule has 0 bridgehead atoms. The highest BCUT2D eigenvalue weighted by atomic mass is 35.5. The average molecular weight is 270 g/mol. The Hall–Kier alpha value is -1.42. The Kier molecular flexibility index (Phi) is 3.19. The summed E-state index contributed by atoms with van der Waals surface area (Å²) in [5, 5.41) is 11.6. The number of carbonyl (C=O) groups excluding carboxylic acids is 1. The number of anilines is 1. The predicted molar refractivity (Wildman–Crippen MR) is 64.1 cm³/mol. The maximum atomic E-state index is 11.6. The van der Waals surface area contributed by atoms with Crippen molar-refractivity contribution in [2.24, 2.45) is 0 Å². The van der Waals surface area contributed by atoms with Crippen molar-refractivity contribution in [3.05, 3.63) is 32.4 Å². The summed E-state index contributed by atoms with van der Waals surface area (Å²) in [6.07, 6.45) is 1.42. The van der Waals surface area contributed by atoms with Gasteiger partial charge in [0.05, 0.1) is 15.4 Å². The first-order valence-corrected chi connectivity index (χ1v) is 6.13. The third-order valence-electron chi connectivity index (χ3n) is 1.63. The van der Waals surface area contributed by atoms with Gasteiger partial charge in [-0.1, -0.05) is 22.9 Å². The summed E-state index contributed by atoms with van der Waals surface area (Å²) in [5.41, 5.74) is 0. The van der Waals surface area contributed by atoms with Crippen molar-refractivity contribution in [2.45, 2.75) is 0 Å². The molecule has 0 radical (unpaired) electrons. The molecule has 0 aromatic carbocycles. The van der Waals surface area contributed by atoms with Gasteiger partial charge in [-0.15, -0.1) is 11.3 Å². The van der Waals surface area contributed by atoms with Gasteiger partial charge in [0.25, 0.3) is 5.91 Å². The predicted octanol–water partition coefficient (Wildman–Crippen LogP) is 2.98. The molecule has 0 unspecified atom stereocenters. The van der Waals surface area contributed by atoms with Gasteiger partial charge in [0.1, 0.15) is 10.9 Å². The van der Waals surface area contributed by atoms with Crippen molar-refractivity contribution in [3.8, 4) is 6.07 Å². The van der Waals surface area contributed by atoms with Crippen molar-refractivity contribution >= 4 is 45.3 Å². The zero-order valence-electron chi connectivity index (χ0n) is 7.73. The number of thiazole rings is 1. The van der Waals surface area contributed by atoms with Gasteiger partial charge in [-0.05, 0) is 12.1 Å². The summed E-state index contributed by atoms with van der Waals surface area (Å²) in [7, 11) is 0. The largest absolute Gasteiger partial charge is 0.297 e. The van der Waals surface area contributed by atoms with E-state index in [1.165, 1.54) is 17.5 Å². The van der Waals surface area contributed by atoms with Gasteiger partial charge in [0.2, 0.25) is 0 Å². The summed E-state index contributed by atoms with van der Waals surface area (Å²) >= 11 is 8.04. The first-order valence-electron chi connectivity index (χ1n) is 4.11. The number of nitriles is 1. The Morgan fingerprint density at radius 2 is 2.31 bits per heavy atom. The second-order valence-electron chi connectivity index (χ2n) is 2.70. The maximum absolute atomic E-state index is 11.6. The van der Waals surface area contributed by atoms with Crippen LogP contribution in [-0.4, -0.2) is 10.9 Å². The third-order valence-corrected chi connectivity index (χ3v) is 3.68. The number of amides is 1. The number of nitrogens with zero attached hydrogens (tertiary/aromatic N) is 2. The van der Waals surface area contributed by atoms with Gasteiger partial charge < -0.3 is 0 Å². The van der Waals surface area contributed by atoms with E-state index in [1.54, 1.807) is 12.1 Å². The lowest BCUT2D eigenvalue weighted by Gasteiger charge is -1.96. The van der Waals surface area contributed by atoms with E-state index in [2.05, 4.69) is 10.3 Å². The van der Waals surface area contributed by atoms with E-state index in [-0.39, 0.29) is 5.91 Å². The van der Waals surface area contributed by atoms with Crippen molar-refractivity contribution in [1.29, 1.82) is 5.26 Å². The Morgan fingerprint density at radius 3 is 2.88 bits per heavy atom. The molecule has 2 aromatic rings. The molecule has 0 aliphatic rings. The monoisotopic (exact) mass is 269 g/mol. The van der Waals surface area contributed by atoms with Crippen molar-refractivity contribution < 1.29 is 4.79 Å². The SMILES string of the molecule is N#Cc1cnc(NC(=O)c2ccc(Cl)s2)s1. The fourth-order valence-corrected chi connectivity index (χ4v) is 2.53. The van der Waals surface area contributed by atoms with E-state index in [4.69, 9.17) is 16.9 Å². The lowest BCUT2D eigenvalue weighted by atomic mass is 10.4. The highest BCUT2D eigenvalue weighted by molar-refractivity contribution is 7.18. The normalized spacial score (nSPS) is 9.75. The fraction of sp³-hybridized carbons (Fsp3) is 0. The van der Waals surface area contributed by atoms with Crippen molar-refractivity contribution in [1.82, 2.24) is 4.98 Å². The summed E-state index contributed by atoms with van der Waals surface area (Å²) in [6, 6.07) is 5.25. The molecule has 4 nitrogen and oxygen atoms in total. The molecule has 80 valence electrons. The molecule has 0 fully saturated rings. The van der Waals surface area contributed by atoms with Gasteiger partial charge in [0.15, 0.2) is 5.13 Å². The quantitative estimate of drug-likeness (QED) is 0.911. The van der Waals surface area contributed by atoms with Crippen LogP contribution in [0.2, 0.25) is 4.34 Å². The fourth-order valence-electron chi connectivity index (χ4n) is 0.979. The summed E-state index contributed by atoms with van der Waals surface area (Å²) in [4.78, 5) is 16.5. The Morgan fingerprint density at radius 1 is 1.50 bits per heavy atom. The molecule has 2 rings (SSSR count). The highest BCUT2D eigenvalue weighted by Crippen LogP contribution is 2.23. The Bertz CT molecular complexity index is 569. The van der Waals surface area contributed by atoms with Crippen molar-refractivity contribution in [2.75, 3.05) is 5.32 Å². The molecule has 2 aromatic heterocycles. The van der Waals surface area contributed by atoms with Crippen LogP contribution in [0.15, 0.2) is 18.3 Å². The molecule has 0 aliphatic carbocycles. The first kappa shape index (κ1) is 11.1. The first-order chi connectivity index (χ1) is 7.69. The van der Waals surface area contributed by atoms with E-state index < -0.39 is 0 Å². The molecular weight excluding hydrogens is 266 g/mol. The van der Waals surface area contributed by atoms with Gasteiger partial charge in [-0.3, -0.25) is 10.1 Å². The molecule has 1 N–H and O–H groups in total. The number of hydrogen-bond acceptors (Lipinski definition) is 5. The van der Waals surface area contributed by atoms with Crippen LogP contribution in [0.4, 0.5) is 5.13 Å². The molecule has 0 saturated heterocycles. The standard InChI is InChI=1S/C9H4ClN3OS2/c10-7-2-1-6(16-7)8(14)13-9-12-4-5(3-11)15-9/h1-2,4H,(H,12,13,14). The average Bonchev–Trinajstić information content (AvgIpc) is 2.87. The number of rotatable bonds is 2. The van der Waals surface area contributed by atoms with Crippen LogP contribution in [-0.2, 0) is 0 Å². The smallest absolute Gasteiger partial charge is 0.267 e. The second-order valence-corrected chi connectivity index (χ2v) is 5.45. The third kappa shape index (κ3) is 2.39. The van der Waals surface area contributed by atoms with Gasteiger partial charge in [-0.2, -0.15) is 5.26 Å². The van der Waals surface area contributed by atoms with Gasteiger partial charge >= 0.3 is 0 Å². The van der Waals surface area contributed by atoms with E-state index in [1.807, 2.05) is 6.07 Å². The Labute approximate surface area is 104 Å². The van der Waals surface area contributed by atoms with Crippen LogP contribution < -0.4 is 5.32 Å². The minimum atomic E-state index is -0.268. The minimum absolute atomic E-state index is 0.268. The molecule has 7 heteroatoms. The number of aromatic nitrogens is 1. The second kappa shape index (κ2) is 4.61. The number of halogens is 1. The zero-order valence-corrected chi connectivity index (χ0v) is 10.1. The van der Waals surface area contributed by atoms with Crippen LogP contribution >= 0.6 is 34.3 Å². The van der Waals surface area contributed by atoms with Crippen LogP contribution in [0.5, 0.6) is 0 Å². The van der Waals surface area contributed by atoms with Gasteiger partial charge in [-0.25, -0.2) is 4.98 Å². The lowest BCUT2D eigenvalue weighted by molar-refractivity contribution is 0.103. The molecule has 16 heavy (non-hydrogen) atoms. The van der Waals surface area contributed by atoms with Crippen LogP contribution in [0, 0.1) is 11.3 Å². The molecule has 0 aliphatic heterocycles. The highest BCUT2D eigenvalue weighted by Gasteiger charge is 2.10.